The Bertz CT molecular complexity index is 369. The van der Waals surface area contributed by atoms with E-state index in [0.29, 0.717) is 6.54 Å². The maximum Gasteiger partial charge on any atom is 0.119 e. The first kappa shape index (κ1) is 14.7. The number of ether oxygens (including phenoxy) is 1. The van der Waals surface area contributed by atoms with Crippen molar-refractivity contribution in [2.75, 3.05) is 32.0 Å². The highest BCUT2D eigenvalue weighted by Crippen LogP contribution is 2.18. The Morgan fingerprint density at radius 3 is 2.84 bits per heavy atom. The Labute approximate surface area is 120 Å². The predicted molar refractivity (Wildman–Crippen MR) is 82.8 cm³/mol. The van der Waals surface area contributed by atoms with E-state index >= 15 is 0 Å². The summed E-state index contributed by atoms with van der Waals surface area (Å²) >= 11 is 2.08. The normalized spacial score (nSPS) is 20.4. The lowest BCUT2D eigenvalue weighted by molar-refractivity contribution is 0.241. The first-order chi connectivity index (χ1) is 9.28. The monoisotopic (exact) mass is 280 g/mol. The van der Waals surface area contributed by atoms with Crippen LogP contribution in [0.25, 0.3) is 0 Å². The van der Waals surface area contributed by atoms with Gasteiger partial charge < -0.3 is 15.4 Å². The van der Waals surface area contributed by atoms with E-state index in [1.807, 2.05) is 24.3 Å². The van der Waals surface area contributed by atoms with Crippen LogP contribution in [0.1, 0.15) is 18.9 Å². The van der Waals surface area contributed by atoms with Crippen molar-refractivity contribution in [1.29, 1.82) is 0 Å². The molecular weight excluding hydrogens is 256 g/mol. The molecule has 1 atom stereocenters. The lowest BCUT2D eigenvalue weighted by Gasteiger charge is -2.30. The van der Waals surface area contributed by atoms with Crippen LogP contribution in [0.5, 0.6) is 5.75 Å². The molecule has 0 radical (unpaired) electrons. The average molecular weight is 280 g/mol. The third kappa shape index (κ3) is 5.05. The lowest BCUT2D eigenvalue weighted by Crippen LogP contribution is -2.37. The van der Waals surface area contributed by atoms with Crippen LogP contribution in [0.15, 0.2) is 24.3 Å². The van der Waals surface area contributed by atoms with Crippen molar-refractivity contribution in [2.45, 2.75) is 25.1 Å². The number of thioether (sulfide) groups is 1. The van der Waals surface area contributed by atoms with Gasteiger partial charge in [-0.3, -0.25) is 0 Å². The summed E-state index contributed by atoms with van der Waals surface area (Å²) in [6.07, 6.45) is 1.09. The summed E-state index contributed by atoms with van der Waals surface area (Å²) in [5.74, 6) is 2.21. The van der Waals surface area contributed by atoms with Gasteiger partial charge in [-0.15, -0.1) is 0 Å². The van der Waals surface area contributed by atoms with Gasteiger partial charge in [-0.1, -0.05) is 19.1 Å². The minimum Gasteiger partial charge on any atom is -0.494 e. The van der Waals surface area contributed by atoms with E-state index in [1.165, 1.54) is 18.8 Å². The van der Waals surface area contributed by atoms with Crippen molar-refractivity contribution < 1.29 is 4.74 Å². The highest BCUT2D eigenvalue weighted by molar-refractivity contribution is 7.99. The average Bonchev–Trinajstić information content (AvgIpc) is 2.44. The van der Waals surface area contributed by atoms with E-state index < -0.39 is 0 Å². The first-order valence-electron chi connectivity index (χ1n) is 7.03. The molecule has 1 heterocycles. The molecule has 0 spiro atoms. The van der Waals surface area contributed by atoms with Gasteiger partial charge in [-0.25, -0.2) is 0 Å². The molecule has 106 valence electrons. The van der Waals surface area contributed by atoms with Gasteiger partial charge in [0.25, 0.3) is 0 Å². The van der Waals surface area contributed by atoms with Gasteiger partial charge in [0.2, 0.25) is 0 Å². The van der Waals surface area contributed by atoms with Crippen molar-refractivity contribution >= 4 is 11.8 Å². The van der Waals surface area contributed by atoms with Gasteiger partial charge in [0.15, 0.2) is 0 Å². The third-order valence-corrected chi connectivity index (χ3v) is 4.51. The van der Waals surface area contributed by atoms with Gasteiger partial charge in [0, 0.05) is 37.2 Å². The number of hydrogen-bond donors (Lipinski definition) is 1. The number of benzene rings is 1. The second-order valence-electron chi connectivity index (χ2n) is 5.03. The fraction of sp³-hybridized carbons (Fsp3) is 0.600. The molecule has 3 nitrogen and oxygen atoms in total. The number of rotatable bonds is 6. The fourth-order valence-electron chi connectivity index (χ4n) is 2.29. The maximum atomic E-state index is 5.75. The van der Waals surface area contributed by atoms with Crippen LogP contribution in [0.2, 0.25) is 0 Å². The SMILES string of the molecule is CC1CN(CCCOc2ccc(CN)cc2)CCS1. The van der Waals surface area contributed by atoms with Crippen molar-refractivity contribution in [3.8, 4) is 5.75 Å². The molecule has 1 aliphatic heterocycles. The van der Waals surface area contributed by atoms with Crippen LogP contribution in [0.4, 0.5) is 0 Å². The van der Waals surface area contributed by atoms with Crippen LogP contribution < -0.4 is 10.5 Å². The summed E-state index contributed by atoms with van der Waals surface area (Å²) in [5, 5.41) is 0.776. The summed E-state index contributed by atoms with van der Waals surface area (Å²) in [4.78, 5) is 2.54. The Morgan fingerprint density at radius 2 is 2.16 bits per heavy atom. The molecule has 1 aliphatic rings. The van der Waals surface area contributed by atoms with E-state index in [0.717, 1.165) is 36.1 Å². The van der Waals surface area contributed by atoms with Gasteiger partial charge in [0.05, 0.1) is 6.61 Å². The summed E-state index contributed by atoms with van der Waals surface area (Å²) in [6, 6.07) is 8.06. The van der Waals surface area contributed by atoms with Gasteiger partial charge in [-0.05, 0) is 24.1 Å². The molecule has 0 aromatic heterocycles. The summed E-state index contributed by atoms with van der Waals surface area (Å²) < 4.78 is 5.75. The molecule has 2 N–H and O–H groups in total. The maximum absolute atomic E-state index is 5.75. The largest absolute Gasteiger partial charge is 0.494 e. The molecule has 1 aromatic carbocycles. The molecule has 19 heavy (non-hydrogen) atoms. The van der Waals surface area contributed by atoms with Crippen LogP contribution in [0, 0.1) is 0 Å². The predicted octanol–water partition coefficient (Wildman–Crippen LogP) is 2.35. The molecule has 1 unspecified atom stereocenters. The second kappa shape index (κ2) is 7.78. The third-order valence-electron chi connectivity index (χ3n) is 3.37. The molecule has 2 rings (SSSR count). The van der Waals surface area contributed by atoms with Gasteiger partial charge >= 0.3 is 0 Å². The Balaban J connectivity index is 1.63. The number of nitrogens with zero attached hydrogens (tertiary/aromatic N) is 1. The van der Waals surface area contributed by atoms with Crippen LogP contribution in [-0.4, -0.2) is 42.1 Å². The van der Waals surface area contributed by atoms with Crippen molar-refractivity contribution in [2.24, 2.45) is 5.73 Å². The molecule has 0 saturated carbocycles. The molecule has 0 bridgehead atoms. The molecule has 1 aromatic rings. The summed E-state index contributed by atoms with van der Waals surface area (Å²) in [6.45, 7) is 7.28. The zero-order chi connectivity index (χ0) is 13.5. The van der Waals surface area contributed by atoms with Crippen LogP contribution in [-0.2, 0) is 6.54 Å². The molecule has 1 fully saturated rings. The minimum atomic E-state index is 0.589. The van der Waals surface area contributed by atoms with E-state index in [9.17, 15) is 0 Å². The summed E-state index contributed by atoms with van der Waals surface area (Å²) in [7, 11) is 0. The second-order valence-corrected chi connectivity index (χ2v) is 6.58. The smallest absolute Gasteiger partial charge is 0.119 e. The number of nitrogens with two attached hydrogens (primary N) is 1. The highest BCUT2D eigenvalue weighted by atomic mass is 32.2. The zero-order valence-electron chi connectivity index (χ0n) is 11.7. The lowest BCUT2D eigenvalue weighted by atomic mass is 10.2. The standard InChI is InChI=1S/C15H24N2OS/c1-13-12-17(8-10-19-13)7-2-9-18-15-5-3-14(11-16)4-6-15/h3-6,13H,2,7-12,16H2,1H3. The van der Waals surface area contributed by atoms with Gasteiger partial charge in [-0.2, -0.15) is 11.8 Å². The zero-order valence-corrected chi connectivity index (χ0v) is 12.5. The van der Waals surface area contributed by atoms with Crippen molar-refractivity contribution in [3.63, 3.8) is 0 Å². The molecule has 4 heteroatoms. The van der Waals surface area contributed by atoms with E-state index in [-0.39, 0.29) is 0 Å². The molecule has 0 amide bonds. The van der Waals surface area contributed by atoms with Gasteiger partial charge in [0.1, 0.15) is 5.75 Å². The topological polar surface area (TPSA) is 38.5 Å². The van der Waals surface area contributed by atoms with Crippen LogP contribution >= 0.6 is 11.8 Å². The fourth-order valence-corrected chi connectivity index (χ4v) is 3.38. The number of hydrogen-bond acceptors (Lipinski definition) is 4. The van der Waals surface area contributed by atoms with Crippen LogP contribution in [0.3, 0.4) is 0 Å². The van der Waals surface area contributed by atoms with Crippen molar-refractivity contribution in [3.05, 3.63) is 29.8 Å². The van der Waals surface area contributed by atoms with E-state index in [2.05, 4.69) is 23.6 Å². The van der Waals surface area contributed by atoms with Crippen molar-refractivity contribution in [1.82, 2.24) is 4.90 Å². The summed E-state index contributed by atoms with van der Waals surface area (Å²) in [5.41, 5.74) is 6.71. The highest BCUT2D eigenvalue weighted by Gasteiger charge is 2.15. The Kier molecular flexibility index (Phi) is 6.01. The minimum absolute atomic E-state index is 0.589. The molecule has 1 saturated heterocycles. The Morgan fingerprint density at radius 1 is 1.37 bits per heavy atom. The Hall–Kier alpha value is -0.710. The van der Waals surface area contributed by atoms with E-state index in [4.69, 9.17) is 10.5 Å². The first-order valence-corrected chi connectivity index (χ1v) is 8.08. The molecular formula is C15H24N2OS. The van der Waals surface area contributed by atoms with E-state index in [1.54, 1.807) is 0 Å². The quantitative estimate of drug-likeness (QED) is 0.812. The molecule has 0 aliphatic carbocycles.